The molecule has 6 aromatic rings. The molecule has 0 bridgehead atoms. The van der Waals surface area contributed by atoms with E-state index in [2.05, 4.69) is 81.9 Å². The molecule has 0 unspecified atom stereocenters. The Kier molecular flexibility index (Phi) is 10.4. The fourth-order valence-corrected chi connectivity index (χ4v) is 8.21. The van der Waals surface area contributed by atoms with Gasteiger partial charge < -0.3 is 24.5 Å². The van der Waals surface area contributed by atoms with Crippen molar-refractivity contribution in [1.29, 1.82) is 0 Å². The predicted octanol–water partition coefficient (Wildman–Crippen LogP) is 5.86. The normalized spacial score (nSPS) is 19.9. The summed E-state index contributed by atoms with van der Waals surface area (Å²) in [6.07, 6.45) is 5.83. The molecule has 3 amide bonds. The maximum atomic E-state index is 12.7. The Labute approximate surface area is 347 Å². The molecule has 15 heteroatoms. The Morgan fingerprint density at radius 1 is 0.950 bits per heavy atom. The number of ether oxygens (including phenoxy) is 1. The van der Waals surface area contributed by atoms with Gasteiger partial charge in [0.25, 0.3) is 5.91 Å². The fourth-order valence-electron chi connectivity index (χ4n) is 8.21. The van der Waals surface area contributed by atoms with Crippen molar-refractivity contribution in [2.75, 3.05) is 31.1 Å². The number of imide groups is 1. The number of nitrogens with zero attached hydrogens (tertiary/aromatic N) is 7. The molecule has 1 saturated carbocycles. The molecule has 0 radical (unpaired) electrons. The average Bonchev–Trinajstić information content (AvgIpc) is 3.91. The van der Waals surface area contributed by atoms with Crippen molar-refractivity contribution >= 4 is 34.6 Å². The summed E-state index contributed by atoms with van der Waals surface area (Å²) in [4.78, 5) is 63.0. The average molecular weight is 809 g/mol. The van der Waals surface area contributed by atoms with E-state index in [4.69, 9.17) is 14.2 Å². The number of aromatic nitrogens is 6. The summed E-state index contributed by atoms with van der Waals surface area (Å²) in [7, 11) is 0. The van der Waals surface area contributed by atoms with Gasteiger partial charge in [-0.2, -0.15) is 4.98 Å². The van der Waals surface area contributed by atoms with Crippen molar-refractivity contribution in [2.24, 2.45) is 0 Å². The second-order valence-electron chi connectivity index (χ2n) is 17.0. The SMILES string of the molecule is Cc1cc(-c2ncnc3[nH]c(-c4ccc(N5CCN(C6CC(c7ccc(O[C@H]8CCC(=O)NC8=O)cc7)C6)CC5)nc4)cc23)ccc1CNC(=O)c1nc(C(C)(C)C)no1. The van der Waals surface area contributed by atoms with Gasteiger partial charge in [0, 0.05) is 85.4 Å². The maximum absolute atomic E-state index is 12.7. The zero-order valence-corrected chi connectivity index (χ0v) is 34.2. The molecular formula is C45H48N10O5. The number of aromatic amines is 1. The van der Waals surface area contributed by atoms with E-state index in [0.29, 0.717) is 42.9 Å². The van der Waals surface area contributed by atoms with E-state index >= 15 is 0 Å². The highest BCUT2D eigenvalue weighted by molar-refractivity contribution is 6.00. The highest BCUT2D eigenvalue weighted by atomic mass is 16.5. The number of fused-ring (bicyclic) bond motifs is 1. The summed E-state index contributed by atoms with van der Waals surface area (Å²) in [5.74, 6) is 1.56. The van der Waals surface area contributed by atoms with Gasteiger partial charge in [-0.1, -0.05) is 50.2 Å². The number of anilines is 1. The number of carbonyl (C=O) groups excluding carboxylic acids is 3. The number of amides is 3. The van der Waals surface area contributed by atoms with Gasteiger partial charge in [-0.15, -0.1) is 0 Å². The molecule has 2 saturated heterocycles. The van der Waals surface area contributed by atoms with Gasteiger partial charge in [0.15, 0.2) is 11.9 Å². The second kappa shape index (κ2) is 15.9. The van der Waals surface area contributed by atoms with Gasteiger partial charge in [0.2, 0.25) is 5.91 Å². The smallest absolute Gasteiger partial charge is 0.315 e. The van der Waals surface area contributed by atoms with Crippen molar-refractivity contribution in [3.05, 3.63) is 102 Å². The molecule has 6 heterocycles. The molecule has 3 N–H and O–H groups in total. The van der Waals surface area contributed by atoms with Gasteiger partial charge >= 0.3 is 11.8 Å². The molecule has 3 aliphatic rings. The molecule has 2 aliphatic heterocycles. The number of piperazine rings is 1. The van der Waals surface area contributed by atoms with Crippen LogP contribution >= 0.6 is 0 Å². The number of rotatable bonds is 10. The van der Waals surface area contributed by atoms with E-state index in [0.717, 1.165) is 89.5 Å². The summed E-state index contributed by atoms with van der Waals surface area (Å²) < 4.78 is 11.0. The van der Waals surface area contributed by atoms with Crippen LogP contribution in [0.15, 0.2) is 77.7 Å². The molecule has 2 aromatic carbocycles. The second-order valence-corrected chi connectivity index (χ2v) is 17.0. The molecule has 60 heavy (non-hydrogen) atoms. The van der Waals surface area contributed by atoms with Crippen LogP contribution in [0.3, 0.4) is 0 Å². The summed E-state index contributed by atoms with van der Waals surface area (Å²) in [5.41, 5.74) is 7.35. The van der Waals surface area contributed by atoms with E-state index in [1.54, 1.807) is 6.33 Å². The monoisotopic (exact) mass is 808 g/mol. The quantitative estimate of drug-likeness (QED) is 0.140. The number of H-pyrrole nitrogens is 1. The number of benzene rings is 2. The van der Waals surface area contributed by atoms with Crippen LogP contribution in [0.5, 0.6) is 5.75 Å². The third-order valence-corrected chi connectivity index (χ3v) is 11.9. The van der Waals surface area contributed by atoms with Crippen LogP contribution in [0.25, 0.3) is 33.5 Å². The predicted molar refractivity (Wildman–Crippen MR) is 224 cm³/mol. The first-order valence-corrected chi connectivity index (χ1v) is 20.6. The highest BCUT2D eigenvalue weighted by Crippen LogP contribution is 2.41. The molecular weight excluding hydrogens is 761 g/mol. The number of nitrogens with one attached hydrogen (secondary N) is 3. The molecule has 3 fully saturated rings. The van der Waals surface area contributed by atoms with Crippen molar-refractivity contribution in [1.82, 2.24) is 45.6 Å². The van der Waals surface area contributed by atoms with Crippen LogP contribution in [-0.2, 0) is 21.5 Å². The van der Waals surface area contributed by atoms with Crippen LogP contribution in [0.4, 0.5) is 5.82 Å². The van der Waals surface area contributed by atoms with Crippen LogP contribution < -0.4 is 20.3 Å². The van der Waals surface area contributed by atoms with Crippen LogP contribution in [-0.4, -0.2) is 91.0 Å². The van der Waals surface area contributed by atoms with E-state index < -0.39 is 12.0 Å². The zero-order valence-electron chi connectivity index (χ0n) is 34.2. The molecule has 0 spiro atoms. The fraction of sp³-hybridized carbons (Fsp3) is 0.378. The highest BCUT2D eigenvalue weighted by Gasteiger charge is 2.36. The minimum Gasteiger partial charge on any atom is -0.481 e. The third-order valence-electron chi connectivity index (χ3n) is 11.9. The lowest BCUT2D eigenvalue weighted by atomic mass is 9.75. The Hall–Kier alpha value is -6.48. The lowest BCUT2D eigenvalue weighted by Gasteiger charge is -2.47. The Morgan fingerprint density at radius 2 is 1.73 bits per heavy atom. The van der Waals surface area contributed by atoms with Gasteiger partial charge in [-0.25, -0.2) is 15.0 Å². The minimum atomic E-state index is -0.622. The molecule has 308 valence electrons. The Bertz CT molecular complexity index is 2550. The molecule has 4 aromatic heterocycles. The molecule has 1 aliphatic carbocycles. The first kappa shape index (κ1) is 39.0. The number of hydrogen-bond donors (Lipinski definition) is 3. The van der Waals surface area contributed by atoms with Gasteiger partial charge in [0.1, 0.15) is 23.5 Å². The number of pyridine rings is 1. The third kappa shape index (κ3) is 8.09. The lowest BCUT2D eigenvalue weighted by Crippen LogP contribution is -2.53. The lowest BCUT2D eigenvalue weighted by molar-refractivity contribution is -0.138. The van der Waals surface area contributed by atoms with Crippen molar-refractivity contribution in [2.45, 2.75) is 83.4 Å². The topological polar surface area (TPSA) is 184 Å². The largest absolute Gasteiger partial charge is 0.481 e. The van der Waals surface area contributed by atoms with Gasteiger partial charge in [-0.3, -0.25) is 24.6 Å². The number of aryl methyl sites for hydroxylation is 1. The van der Waals surface area contributed by atoms with Crippen LogP contribution in [0, 0.1) is 6.92 Å². The van der Waals surface area contributed by atoms with Gasteiger partial charge in [-0.05, 0) is 78.8 Å². The van der Waals surface area contributed by atoms with E-state index in [-0.39, 0.29) is 23.1 Å². The Balaban J connectivity index is 0.774. The zero-order chi connectivity index (χ0) is 41.5. The minimum absolute atomic E-state index is 0.0492. The summed E-state index contributed by atoms with van der Waals surface area (Å²) in [6.45, 7) is 12.1. The first-order chi connectivity index (χ1) is 28.9. The standard InChI is InChI=1S/C45H48N10O5/c1-26-19-28(5-6-29(26)23-47-42(58)43-52-44(53-60-43)45(2,3)4)39-34-22-35(50-40(34)49-25-48-39)30-9-13-37(46-24-30)55-17-15-54(16-18-55)32-20-31(21-32)27-7-10-33(11-8-27)59-36-12-14-38(56)51-41(36)57/h5-11,13,19,22,24-25,31-32,36H,12,14-18,20-21,23H2,1-4H3,(H,47,58)(H,48,49,50)(H,51,56,57)/t31?,32?,36-/m0/s1. The Morgan fingerprint density at radius 3 is 2.43 bits per heavy atom. The van der Waals surface area contributed by atoms with E-state index in [1.807, 2.05) is 58.2 Å². The van der Waals surface area contributed by atoms with Crippen molar-refractivity contribution in [3.8, 4) is 28.3 Å². The first-order valence-electron chi connectivity index (χ1n) is 20.6. The molecule has 15 nitrogen and oxygen atoms in total. The van der Waals surface area contributed by atoms with E-state index in [1.165, 1.54) is 5.56 Å². The van der Waals surface area contributed by atoms with Crippen LogP contribution in [0.2, 0.25) is 0 Å². The van der Waals surface area contributed by atoms with Gasteiger partial charge in [0.05, 0.1) is 5.69 Å². The molecule has 9 rings (SSSR count). The molecule has 1 atom stereocenters. The van der Waals surface area contributed by atoms with E-state index in [9.17, 15) is 14.4 Å². The van der Waals surface area contributed by atoms with Crippen LogP contribution in [0.1, 0.15) is 85.6 Å². The number of piperidine rings is 1. The number of carbonyl (C=O) groups is 3. The van der Waals surface area contributed by atoms with Crippen molar-refractivity contribution in [3.63, 3.8) is 0 Å². The summed E-state index contributed by atoms with van der Waals surface area (Å²) in [6, 6.07) is 21.0. The van der Waals surface area contributed by atoms with Crippen molar-refractivity contribution < 1.29 is 23.6 Å². The number of hydrogen-bond acceptors (Lipinski definition) is 12. The maximum Gasteiger partial charge on any atom is 0.315 e. The summed E-state index contributed by atoms with van der Waals surface area (Å²) >= 11 is 0. The summed E-state index contributed by atoms with van der Waals surface area (Å²) in [5, 5.41) is 10.1.